The molecule has 0 amide bonds. The molecule has 0 aliphatic carbocycles. The van der Waals surface area contributed by atoms with Crippen LogP contribution in [0.25, 0.3) is 0 Å². The first-order valence-electron chi connectivity index (χ1n) is 6.89. The molecule has 0 radical (unpaired) electrons. The molecule has 6 nitrogen and oxygen atoms in total. The van der Waals surface area contributed by atoms with Crippen molar-refractivity contribution in [2.75, 3.05) is 26.4 Å². The van der Waals surface area contributed by atoms with E-state index in [2.05, 4.69) is 4.72 Å². The number of aryl methyl sites for hydroxylation is 1. The van der Waals surface area contributed by atoms with Gasteiger partial charge in [-0.05, 0) is 37.6 Å². The summed E-state index contributed by atoms with van der Waals surface area (Å²) in [5.74, 6) is 0.666. The largest absolute Gasteiger partial charge is 0.494 e. The molecule has 1 unspecified atom stereocenters. The lowest BCUT2D eigenvalue weighted by atomic mass is 10.1. The van der Waals surface area contributed by atoms with Crippen LogP contribution in [0.1, 0.15) is 18.9 Å². The summed E-state index contributed by atoms with van der Waals surface area (Å²) in [4.78, 5) is 0.158. The van der Waals surface area contributed by atoms with Gasteiger partial charge in [-0.25, -0.2) is 13.1 Å². The molecule has 2 N–H and O–H groups in total. The molecule has 1 aromatic rings. The van der Waals surface area contributed by atoms with Crippen molar-refractivity contribution in [2.45, 2.75) is 30.8 Å². The van der Waals surface area contributed by atoms with Gasteiger partial charge in [0.1, 0.15) is 11.4 Å². The number of hydrogen-bond acceptors (Lipinski definition) is 5. The molecular formula is C14H21NO5S. The lowest BCUT2D eigenvalue weighted by molar-refractivity contribution is 0.0314. The lowest BCUT2D eigenvalue weighted by Crippen LogP contribution is -2.43. The topological polar surface area (TPSA) is 84.9 Å². The van der Waals surface area contributed by atoms with Crippen LogP contribution in [0.5, 0.6) is 5.75 Å². The Kier molecular flexibility index (Phi) is 4.88. The molecule has 1 aliphatic rings. The van der Waals surface area contributed by atoms with Gasteiger partial charge in [0.25, 0.3) is 0 Å². The summed E-state index contributed by atoms with van der Waals surface area (Å²) in [6.07, 6.45) is 0.428. The third-order valence-electron chi connectivity index (χ3n) is 3.43. The number of rotatable bonds is 6. The van der Waals surface area contributed by atoms with Crippen molar-refractivity contribution in [3.63, 3.8) is 0 Å². The Bertz CT molecular complexity index is 593. The van der Waals surface area contributed by atoms with Crippen LogP contribution in [0.4, 0.5) is 0 Å². The zero-order valence-corrected chi connectivity index (χ0v) is 13.1. The van der Waals surface area contributed by atoms with Gasteiger partial charge in [0, 0.05) is 19.6 Å². The molecule has 7 heteroatoms. The first kappa shape index (κ1) is 16.2. The van der Waals surface area contributed by atoms with Crippen molar-refractivity contribution in [1.82, 2.24) is 4.72 Å². The van der Waals surface area contributed by atoms with Crippen LogP contribution < -0.4 is 9.46 Å². The maximum Gasteiger partial charge on any atom is 0.240 e. The van der Waals surface area contributed by atoms with Crippen molar-refractivity contribution in [2.24, 2.45) is 0 Å². The van der Waals surface area contributed by atoms with E-state index in [0.29, 0.717) is 25.4 Å². The third kappa shape index (κ3) is 3.94. The SMILES string of the molecule is CCOc1ccc(S(=O)(=O)NCC2(O)CCOC2)cc1C. The number of sulfonamides is 1. The summed E-state index contributed by atoms with van der Waals surface area (Å²) in [5, 5.41) is 10.1. The van der Waals surface area contributed by atoms with E-state index in [1.165, 1.54) is 6.07 Å². The fourth-order valence-corrected chi connectivity index (χ4v) is 3.36. The second-order valence-corrected chi connectivity index (χ2v) is 6.98. The number of aliphatic hydroxyl groups is 1. The summed E-state index contributed by atoms with van der Waals surface area (Å²) in [6.45, 7) is 4.73. The van der Waals surface area contributed by atoms with E-state index in [4.69, 9.17) is 9.47 Å². The van der Waals surface area contributed by atoms with Gasteiger partial charge in [0.15, 0.2) is 0 Å². The molecule has 0 aromatic heterocycles. The fourth-order valence-electron chi connectivity index (χ4n) is 2.16. The first-order chi connectivity index (χ1) is 9.86. The molecule has 2 rings (SSSR count). The first-order valence-corrected chi connectivity index (χ1v) is 8.38. The molecular weight excluding hydrogens is 294 g/mol. The van der Waals surface area contributed by atoms with Gasteiger partial charge >= 0.3 is 0 Å². The Morgan fingerprint density at radius 3 is 2.81 bits per heavy atom. The highest BCUT2D eigenvalue weighted by Gasteiger charge is 2.33. The third-order valence-corrected chi connectivity index (χ3v) is 4.83. The number of hydrogen-bond donors (Lipinski definition) is 2. The van der Waals surface area contributed by atoms with Crippen LogP contribution in [-0.2, 0) is 14.8 Å². The summed E-state index contributed by atoms with van der Waals surface area (Å²) in [5.41, 5.74) is -0.365. The second kappa shape index (κ2) is 6.31. The van der Waals surface area contributed by atoms with Crippen LogP contribution in [0.3, 0.4) is 0 Å². The van der Waals surface area contributed by atoms with E-state index >= 15 is 0 Å². The van der Waals surface area contributed by atoms with E-state index in [1.54, 1.807) is 19.1 Å². The normalized spacial score (nSPS) is 22.4. The Balaban J connectivity index is 2.10. The Morgan fingerprint density at radius 1 is 1.48 bits per heavy atom. The summed E-state index contributed by atoms with van der Waals surface area (Å²) < 4.78 is 37.4. The van der Waals surface area contributed by atoms with Gasteiger partial charge in [-0.3, -0.25) is 0 Å². The van der Waals surface area contributed by atoms with Crippen molar-refractivity contribution < 1.29 is 23.0 Å². The second-order valence-electron chi connectivity index (χ2n) is 5.21. The molecule has 1 aromatic carbocycles. The van der Waals surface area contributed by atoms with Crippen LogP contribution in [0.15, 0.2) is 23.1 Å². The zero-order valence-electron chi connectivity index (χ0n) is 12.3. The van der Waals surface area contributed by atoms with Crippen LogP contribution in [-0.4, -0.2) is 45.5 Å². The average Bonchev–Trinajstić information content (AvgIpc) is 2.87. The minimum atomic E-state index is -3.66. The number of nitrogens with one attached hydrogen (secondary N) is 1. The lowest BCUT2D eigenvalue weighted by Gasteiger charge is -2.20. The Labute approximate surface area is 125 Å². The highest BCUT2D eigenvalue weighted by molar-refractivity contribution is 7.89. The van der Waals surface area contributed by atoms with Crippen LogP contribution in [0.2, 0.25) is 0 Å². The van der Waals surface area contributed by atoms with Crippen LogP contribution in [0, 0.1) is 6.92 Å². The Morgan fingerprint density at radius 2 is 2.24 bits per heavy atom. The number of ether oxygens (including phenoxy) is 2. The maximum atomic E-state index is 12.2. The zero-order chi connectivity index (χ0) is 15.5. The highest BCUT2D eigenvalue weighted by Crippen LogP contribution is 2.23. The molecule has 1 saturated heterocycles. The number of benzene rings is 1. The Hall–Kier alpha value is -1.15. The molecule has 21 heavy (non-hydrogen) atoms. The fraction of sp³-hybridized carbons (Fsp3) is 0.571. The maximum absolute atomic E-state index is 12.2. The van der Waals surface area contributed by atoms with Crippen LogP contribution >= 0.6 is 0 Å². The van der Waals surface area contributed by atoms with E-state index in [1.807, 2.05) is 6.92 Å². The van der Waals surface area contributed by atoms with E-state index in [0.717, 1.165) is 5.56 Å². The van der Waals surface area contributed by atoms with E-state index < -0.39 is 15.6 Å². The quantitative estimate of drug-likeness (QED) is 0.812. The van der Waals surface area contributed by atoms with Crippen molar-refractivity contribution in [3.05, 3.63) is 23.8 Å². The van der Waals surface area contributed by atoms with Crippen molar-refractivity contribution in [3.8, 4) is 5.75 Å². The monoisotopic (exact) mass is 315 g/mol. The smallest absolute Gasteiger partial charge is 0.240 e. The van der Waals surface area contributed by atoms with Gasteiger partial charge < -0.3 is 14.6 Å². The molecule has 1 aliphatic heterocycles. The minimum Gasteiger partial charge on any atom is -0.494 e. The molecule has 0 saturated carbocycles. The van der Waals surface area contributed by atoms with Gasteiger partial charge in [0.05, 0.1) is 18.1 Å². The van der Waals surface area contributed by atoms with Crippen molar-refractivity contribution >= 4 is 10.0 Å². The van der Waals surface area contributed by atoms with E-state index in [9.17, 15) is 13.5 Å². The minimum absolute atomic E-state index is 0.0540. The summed E-state index contributed by atoms with van der Waals surface area (Å²) in [6, 6.07) is 4.69. The summed E-state index contributed by atoms with van der Waals surface area (Å²) in [7, 11) is -3.66. The predicted molar refractivity (Wildman–Crippen MR) is 77.9 cm³/mol. The van der Waals surface area contributed by atoms with E-state index in [-0.39, 0.29) is 18.0 Å². The standard InChI is InChI=1S/C14H21NO5S/c1-3-20-13-5-4-12(8-11(13)2)21(17,18)15-9-14(16)6-7-19-10-14/h4-5,8,15-16H,3,6-7,9-10H2,1-2H3. The summed E-state index contributed by atoms with van der Waals surface area (Å²) >= 11 is 0. The molecule has 1 atom stereocenters. The van der Waals surface area contributed by atoms with Gasteiger partial charge in [0.2, 0.25) is 10.0 Å². The molecule has 1 heterocycles. The van der Waals surface area contributed by atoms with Gasteiger partial charge in [-0.2, -0.15) is 0 Å². The molecule has 1 fully saturated rings. The molecule has 0 bridgehead atoms. The van der Waals surface area contributed by atoms with Gasteiger partial charge in [-0.1, -0.05) is 0 Å². The highest BCUT2D eigenvalue weighted by atomic mass is 32.2. The predicted octanol–water partition coefficient (Wildman–Crippen LogP) is 0.823. The van der Waals surface area contributed by atoms with Crippen molar-refractivity contribution in [1.29, 1.82) is 0 Å². The molecule has 0 spiro atoms. The average molecular weight is 315 g/mol. The molecule has 118 valence electrons. The van der Waals surface area contributed by atoms with Gasteiger partial charge in [-0.15, -0.1) is 0 Å².